The van der Waals surface area contributed by atoms with Crippen molar-refractivity contribution in [3.63, 3.8) is 0 Å². The number of anilines is 1. The molecule has 0 aliphatic carbocycles. The van der Waals surface area contributed by atoms with Gasteiger partial charge in [-0.15, -0.1) is 0 Å². The monoisotopic (exact) mass is 753 g/mol. The summed E-state index contributed by atoms with van der Waals surface area (Å²) in [5.41, 5.74) is 1.93. The van der Waals surface area contributed by atoms with Crippen molar-refractivity contribution in [2.75, 3.05) is 17.4 Å². The SMILES string of the molecule is CC(C)CNC(=O)[C@@H](Cc1ccccc1)N(Cc1ccc(Br)cc1)C(=O)CN(c1ccc(Oc2ccccc2)cc1)S(=O)(=O)c1ccccc1. The molecule has 2 amide bonds. The Balaban J connectivity index is 1.54. The van der Waals surface area contributed by atoms with Gasteiger partial charge in [0.2, 0.25) is 11.8 Å². The van der Waals surface area contributed by atoms with Crippen molar-refractivity contribution in [3.05, 3.63) is 155 Å². The minimum Gasteiger partial charge on any atom is -0.457 e. The zero-order valence-corrected chi connectivity index (χ0v) is 30.4. The van der Waals surface area contributed by atoms with Crippen molar-refractivity contribution in [1.82, 2.24) is 10.2 Å². The van der Waals surface area contributed by atoms with Gasteiger partial charge in [0.25, 0.3) is 10.0 Å². The second-order valence-electron chi connectivity index (χ2n) is 12.2. The van der Waals surface area contributed by atoms with Crippen molar-refractivity contribution < 1.29 is 22.7 Å². The molecule has 0 spiro atoms. The van der Waals surface area contributed by atoms with Crippen LogP contribution in [0, 0.1) is 5.92 Å². The third-order valence-electron chi connectivity index (χ3n) is 7.94. The van der Waals surface area contributed by atoms with E-state index in [0.29, 0.717) is 18.0 Å². The fourth-order valence-electron chi connectivity index (χ4n) is 5.32. The molecule has 10 heteroatoms. The summed E-state index contributed by atoms with van der Waals surface area (Å²) in [6.07, 6.45) is 0.240. The van der Waals surface area contributed by atoms with Crippen molar-refractivity contribution in [2.24, 2.45) is 5.92 Å². The lowest BCUT2D eigenvalue weighted by atomic mass is 10.0. The van der Waals surface area contributed by atoms with Crippen LogP contribution >= 0.6 is 15.9 Å². The maximum Gasteiger partial charge on any atom is 0.264 e. The predicted molar refractivity (Wildman–Crippen MR) is 200 cm³/mol. The van der Waals surface area contributed by atoms with E-state index in [1.165, 1.54) is 17.0 Å². The van der Waals surface area contributed by atoms with E-state index in [9.17, 15) is 18.0 Å². The Labute approximate surface area is 302 Å². The molecule has 0 fully saturated rings. The van der Waals surface area contributed by atoms with Crippen molar-refractivity contribution in [2.45, 2.75) is 37.8 Å². The van der Waals surface area contributed by atoms with E-state index in [0.717, 1.165) is 19.9 Å². The number of ether oxygens (including phenoxy) is 1. The summed E-state index contributed by atoms with van der Waals surface area (Å²) in [5, 5.41) is 3.01. The molecule has 0 saturated carbocycles. The number of benzene rings is 5. The number of hydrogen-bond acceptors (Lipinski definition) is 5. The number of nitrogens with zero attached hydrogens (tertiary/aromatic N) is 2. The molecule has 1 atom stereocenters. The normalized spacial score (nSPS) is 11.8. The van der Waals surface area contributed by atoms with Crippen LogP contribution in [0.15, 0.2) is 149 Å². The van der Waals surface area contributed by atoms with Gasteiger partial charge < -0.3 is 15.0 Å². The average molecular weight is 755 g/mol. The van der Waals surface area contributed by atoms with Gasteiger partial charge in [-0.1, -0.05) is 109 Å². The smallest absolute Gasteiger partial charge is 0.264 e. The van der Waals surface area contributed by atoms with E-state index < -0.39 is 28.5 Å². The quantitative estimate of drug-likeness (QED) is 0.118. The van der Waals surface area contributed by atoms with Crippen LogP contribution in [0.2, 0.25) is 0 Å². The second-order valence-corrected chi connectivity index (χ2v) is 15.0. The predicted octanol–water partition coefficient (Wildman–Crippen LogP) is 7.85. The highest BCUT2D eigenvalue weighted by Crippen LogP contribution is 2.29. The van der Waals surface area contributed by atoms with Gasteiger partial charge in [0.15, 0.2) is 0 Å². The first-order chi connectivity index (χ1) is 24.1. The first-order valence-corrected chi connectivity index (χ1v) is 18.6. The fraction of sp³-hybridized carbons (Fsp3) is 0.200. The maximum atomic E-state index is 14.7. The number of rotatable bonds is 15. The Bertz CT molecular complexity index is 1940. The van der Waals surface area contributed by atoms with Crippen LogP contribution in [-0.4, -0.2) is 44.3 Å². The first-order valence-electron chi connectivity index (χ1n) is 16.4. The highest BCUT2D eigenvalue weighted by Gasteiger charge is 2.34. The van der Waals surface area contributed by atoms with Crippen LogP contribution in [0.5, 0.6) is 11.5 Å². The Hall–Kier alpha value is -4.93. The first kappa shape index (κ1) is 36.4. The van der Waals surface area contributed by atoms with Gasteiger partial charge in [-0.05, 0) is 77.7 Å². The number of amides is 2. The lowest BCUT2D eigenvalue weighted by Gasteiger charge is -2.34. The number of halogens is 1. The van der Waals surface area contributed by atoms with Gasteiger partial charge in [-0.25, -0.2) is 8.42 Å². The van der Waals surface area contributed by atoms with Gasteiger partial charge in [-0.3, -0.25) is 13.9 Å². The third-order valence-corrected chi connectivity index (χ3v) is 10.3. The van der Waals surface area contributed by atoms with Gasteiger partial charge in [0.05, 0.1) is 10.6 Å². The van der Waals surface area contributed by atoms with Crippen LogP contribution in [0.3, 0.4) is 0 Å². The van der Waals surface area contributed by atoms with Crippen LogP contribution < -0.4 is 14.4 Å². The van der Waals surface area contributed by atoms with Crippen molar-refractivity contribution in [3.8, 4) is 11.5 Å². The topological polar surface area (TPSA) is 96.0 Å². The van der Waals surface area contributed by atoms with E-state index in [-0.39, 0.29) is 35.4 Å². The molecule has 0 unspecified atom stereocenters. The molecular weight excluding hydrogens is 714 g/mol. The third kappa shape index (κ3) is 9.83. The molecular formula is C40H40BrN3O5S. The summed E-state index contributed by atoms with van der Waals surface area (Å²) in [4.78, 5) is 30.1. The lowest BCUT2D eigenvalue weighted by molar-refractivity contribution is -0.140. The molecule has 5 rings (SSSR count). The van der Waals surface area contributed by atoms with Crippen LogP contribution in [-0.2, 0) is 32.6 Å². The van der Waals surface area contributed by atoms with E-state index >= 15 is 0 Å². The Morgan fingerprint density at radius 3 is 1.88 bits per heavy atom. The summed E-state index contributed by atoms with van der Waals surface area (Å²) >= 11 is 3.47. The summed E-state index contributed by atoms with van der Waals surface area (Å²) in [5.74, 6) is 0.482. The van der Waals surface area contributed by atoms with E-state index in [2.05, 4.69) is 21.2 Å². The standard InChI is InChI=1S/C40H40BrN3O5S/c1-30(2)27-42-40(46)38(26-31-12-6-3-7-13-31)43(28-32-18-20-33(41)21-19-32)39(45)29-44(50(47,48)37-16-10-5-11-17-37)34-22-24-36(25-23-34)49-35-14-8-4-9-15-35/h3-25,30,38H,26-29H2,1-2H3,(H,42,46)/t38-/m1/s1. The molecule has 0 heterocycles. The maximum absolute atomic E-state index is 14.7. The average Bonchev–Trinajstić information content (AvgIpc) is 3.13. The Morgan fingerprint density at radius 1 is 0.720 bits per heavy atom. The van der Waals surface area contributed by atoms with Gasteiger partial charge in [-0.2, -0.15) is 0 Å². The number of para-hydroxylation sites is 1. The lowest BCUT2D eigenvalue weighted by Crippen LogP contribution is -2.53. The Morgan fingerprint density at radius 2 is 1.28 bits per heavy atom. The zero-order chi connectivity index (χ0) is 35.5. The highest BCUT2D eigenvalue weighted by molar-refractivity contribution is 9.10. The zero-order valence-electron chi connectivity index (χ0n) is 28.0. The number of nitrogens with one attached hydrogen (secondary N) is 1. The van der Waals surface area contributed by atoms with E-state index in [4.69, 9.17) is 4.74 Å². The number of carbonyl (C=O) groups is 2. The molecule has 1 N–H and O–H groups in total. The molecule has 8 nitrogen and oxygen atoms in total. The van der Waals surface area contributed by atoms with Gasteiger partial charge >= 0.3 is 0 Å². The van der Waals surface area contributed by atoms with Crippen molar-refractivity contribution >= 4 is 43.5 Å². The number of sulfonamides is 1. The molecule has 0 radical (unpaired) electrons. The molecule has 0 aliphatic rings. The largest absolute Gasteiger partial charge is 0.457 e. The molecule has 258 valence electrons. The summed E-state index contributed by atoms with van der Waals surface area (Å²) in [7, 11) is -4.22. The summed E-state index contributed by atoms with van der Waals surface area (Å²) < 4.78 is 36.5. The second kappa shape index (κ2) is 17.1. The van der Waals surface area contributed by atoms with Crippen LogP contribution in [0.4, 0.5) is 5.69 Å². The molecule has 5 aromatic carbocycles. The Kier molecular flexibility index (Phi) is 12.5. The molecule has 0 aromatic heterocycles. The molecule has 5 aromatic rings. The highest BCUT2D eigenvalue weighted by atomic mass is 79.9. The van der Waals surface area contributed by atoms with Gasteiger partial charge in [0, 0.05) is 24.0 Å². The molecule has 50 heavy (non-hydrogen) atoms. The molecule has 0 saturated heterocycles. The van der Waals surface area contributed by atoms with Gasteiger partial charge in [0.1, 0.15) is 24.1 Å². The summed E-state index contributed by atoms with van der Waals surface area (Å²) in [6, 6.07) is 39.9. The minimum atomic E-state index is -4.22. The number of hydrogen-bond donors (Lipinski definition) is 1. The minimum absolute atomic E-state index is 0.0346. The summed E-state index contributed by atoms with van der Waals surface area (Å²) in [6.45, 7) is 3.97. The fourth-order valence-corrected chi connectivity index (χ4v) is 7.02. The number of carbonyl (C=O) groups excluding carboxylic acids is 2. The van der Waals surface area contributed by atoms with E-state index in [1.807, 2.05) is 98.8 Å². The van der Waals surface area contributed by atoms with Crippen molar-refractivity contribution in [1.29, 1.82) is 0 Å². The van der Waals surface area contributed by atoms with Crippen LogP contribution in [0.25, 0.3) is 0 Å². The van der Waals surface area contributed by atoms with E-state index in [1.54, 1.807) is 42.5 Å². The molecule has 0 bridgehead atoms. The van der Waals surface area contributed by atoms with Crippen LogP contribution in [0.1, 0.15) is 25.0 Å². The molecule has 0 aliphatic heterocycles.